The molecule has 1 saturated heterocycles. The monoisotopic (exact) mass is 565 g/mol. The van der Waals surface area contributed by atoms with Crippen molar-refractivity contribution in [1.82, 2.24) is 14.8 Å². The Morgan fingerprint density at radius 1 is 1.07 bits per heavy atom. The summed E-state index contributed by atoms with van der Waals surface area (Å²) in [7, 11) is 3.18. The SMILES string of the molecule is COc1ccc(CN(CC(=O)CCc2cc(CN3CCCCC3)ccn2)C(=O)CSCc2ccco2)c(OC)c1. The highest BCUT2D eigenvalue weighted by molar-refractivity contribution is 7.99. The number of aromatic nitrogens is 1. The number of ether oxygens (including phenoxy) is 2. The Hall–Kier alpha value is -3.30. The molecule has 8 nitrogen and oxygen atoms in total. The van der Waals surface area contributed by atoms with E-state index in [-0.39, 0.29) is 30.5 Å². The van der Waals surface area contributed by atoms with Crippen LogP contribution in [0.4, 0.5) is 0 Å². The highest BCUT2D eigenvalue weighted by Gasteiger charge is 2.20. The Balaban J connectivity index is 1.37. The number of piperidine rings is 1. The molecule has 2 aromatic heterocycles. The van der Waals surface area contributed by atoms with E-state index in [9.17, 15) is 9.59 Å². The molecular formula is C31H39N3O5S. The molecule has 3 heterocycles. The predicted octanol–water partition coefficient (Wildman–Crippen LogP) is 5.14. The number of pyridine rings is 1. The summed E-state index contributed by atoms with van der Waals surface area (Å²) < 4.78 is 16.2. The number of furan rings is 1. The largest absolute Gasteiger partial charge is 0.497 e. The molecule has 3 aromatic rings. The maximum atomic E-state index is 13.3. The smallest absolute Gasteiger partial charge is 0.233 e. The third-order valence-electron chi connectivity index (χ3n) is 7.02. The van der Waals surface area contributed by atoms with Crippen molar-refractivity contribution in [1.29, 1.82) is 0 Å². The third-order valence-corrected chi connectivity index (χ3v) is 7.96. The summed E-state index contributed by atoms with van der Waals surface area (Å²) in [6, 6.07) is 13.4. The van der Waals surface area contributed by atoms with Crippen molar-refractivity contribution < 1.29 is 23.5 Å². The van der Waals surface area contributed by atoms with Crippen LogP contribution in [0.15, 0.2) is 59.3 Å². The van der Waals surface area contributed by atoms with Gasteiger partial charge in [-0.15, -0.1) is 11.8 Å². The van der Waals surface area contributed by atoms with Crippen molar-refractivity contribution >= 4 is 23.5 Å². The number of hydrogen-bond donors (Lipinski definition) is 0. The Morgan fingerprint density at radius 3 is 2.67 bits per heavy atom. The van der Waals surface area contributed by atoms with Gasteiger partial charge in [0, 0.05) is 43.0 Å². The van der Waals surface area contributed by atoms with Crippen LogP contribution in [0.25, 0.3) is 0 Å². The first kappa shape index (κ1) is 29.7. The van der Waals surface area contributed by atoms with E-state index in [1.165, 1.54) is 36.6 Å². The van der Waals surface area contributed by atoms with E-state index in [0.29, 0.717) is 30.1 Å². The molecule has 4 rings (SSSR count). The fraction of sp³-hybridized carbons (Fsp3) is 0.452. The summed E-state index contributed by atoms with van der Waals surface area (Å²) in [6.45, 7) is 3.49. The highest BCUT2D eigenvalue weighted by atomic mass is 32.2. The first-order valence-corrected chi connectivity index (χ1v) is 15.0. The number of rotatable bonds is 15. The number of amides is 1. The molecule has 0 aliphatic carbocycles. The summed E-state index contributed by atoms with van der Waals surface area (Å²) in [5.41, 5.74) is 2.95. The van der Waals surface area contributed by atoms with Crippen molar-refractivity contribution in [3.63, 3.8) is 0 Å². The van der Waals surface area contributed by atoms with E-state index in [1.54, 1.807) is 31.4 Å². The number of Topliss-reactive ketones (excluding diaryl/α,β-unsaturated/α-hetero) is 1. The number of benzene rings is 1. The molecule has 1 fully saturated rings. The Labute approximate surface area is 241 Å². The number of ketones is 1. The van der Waals surface area contributed by atoms with Gasteiger partial charge in [-0.2, -0.15) is 0 Å². The van der Waals surface area contributed by atoms with Crippen molar-refractivity contribution in [3.8, 4) is 11.5 Å². The van der Waals surface area contributed by atoms with E-state index < -0.39 is 0 Å². The summed E-state index contributed by atoms with van der Waals surface area (Å²) in [5, 5.41) is 0. The molecular weight excluding hydrogens is 526 g/mol. The maximum absolute atomic E-state index is 13.3. The van der Waals surface area contributed by atoms with Gasteiger partial charge in [0.25, 0.3) is 0 Å². The molecule has 0 bridgehead atoms. The lowest BCUT2D eigenvalue weighted by molar-refractivity contribution is -0.133. The van der Waals surface area contributed by atoms with E-state index in [0.717, 1.165) is 36.7 Å². The number of thioether (sulfide) groups is 1. The lowest BCUT2D eigenvalue weighted by Gasteiger charge is -2.26. The Bertz CT molecular complexity index is 1230. The zero-order chi connectivity index (χ0) is 28.2. The van der Waals surface area contributed by atoms with Crippen molar-refractivity contribution in [3.05, 3.63) is 77.5 Å². The van der Waals surface area contributed by atoms with Gasteiger partial charge in [-0.25, -0.2) is 0 Å². The molecule has 0 radical (unpaired) electrons. The quantitative estimate of drug-likeness (QED) is 0.250. The van der Waals surface area contributed by atoms with Gasteiger partial charge in [-0.1, -0.05) is 6.42 Å². The fourth-order valence-electron chi connectivity index (χ4n) is 4.84. The van der Waals surface area contributed by atoms with Gasteiger partial charge >= 0.3 is 0 Å². The van der Waals surface area contributed by atoms with Gasteiger partial charge in [0.05, 0.1) is 38.5 Å². The van der Waals surface area contributed by atoms with Crippen molar-refractivity contribution in [2.24, 2.45) is 0 Å². The van der Waals surface area contributed by atoms with Crippen molar-refractivity contribution in [2.75, 3.05) is 39.6 Å². The Morgan fingerprint density at radius 2 is 1.93 bits per heavy atom. The molecule has 214 valence electrons. The number of methoxy groups -OCH3 is 2. The number of aryl methyl sites for hydroxylation is 1. The van der Waals surface area contributed by atoms with Crippen LogP contribution in [0.1, 0.15) is 48.3 Å². The predicted molar refractivity (Wildman–Crippen MR) is 157 cm³/mol. The van der Waals surface area contributed by atoms with E-state index >= 15 is 0 Å². The van der Waals surface area contributed by atoms with Gasteiger partial charge in [0.2, 0.25) is 5.91 Å². The lowest BCUT2D eigenvalue weighted by Crippen LogP contribution is -2.36. The summed E-state index contributed by atoms with van der Waals surface area (Å²) >= 11 is 1.47. The molecule has 40 heavy (non-hydrogen) atoms. The fourth-order valence-corrected chi connectivity index (χ4v) is 5.67. The first-order chi connectivity index (χ1) is 19.5. The molecule has 1 aromatic carbocycles. The molecule has 1 aliphatic rings. The van der Waals surface area contributed by atoms with Gasteiger partial charge in [0.1, 0.15) is 17.3 Å². The van der Waals surface area contributed by atoms with Crippen LogP contribution in [0, 0.1) is 0 Å². The molecule has 9 heteroatoms. The second-order valence-corrected chi connectivity index (χ2v) is 11.0. The van der Waals surface area contributed by atoms with Gasteiger partial charge in [-0.3, -0.25) is 19.5 Å². The summed E-state index contributed by atoms with van der Waals surface area (Å²) in [4.78, 5) is 35.0. The number of carbonyl (C=O) groups excluding carboxylic acids is 2. The molecule has 0 N–H and O–H groups in total. The third kappa shape index (κ3) is 9.13. The minimum Gasteiger partial charge on any atom is -0.497 e. The van der Waals surface area contributed by atoms with Gasteiger partial charge in [-0.05, 0) is 74.3 Å². The van der Waals surface area contributed by atoms with E-state index in [1.807, 2.05) is 30.5 Å². The molecule has 1 amide bonds. The number of carbonyl (C=O) groups is 2. The highest BCUT2D eigenvalue weighted by Crippen LogP contribution is 2.26. The number of hydrogen-bond acceptors (Lipinski definition) is 8. The average Bonchev–Trinajstić information content (AvgIpc) is 3.50. The van der Waals surface area contributed by atoms with Crippen molar-refractivity contribution in [2.45, 2.75) is 50.9 Å². The van der Waals surface area contributed by atoms with Crippen LogP contribution in [-0.4, -0.2) is 66.1 Å². The maximum Gasteiger partial charge on any atom is 0.233 e. The molecule has 0 saturated carbocycles. The normalized spacial score (nSPS) is 13.7. The minimum absolute atomic E-state index is 0.0000895. The van der Waals surface area contributed by atoms with E-state index in [2.05, 4.69) is 22.0 Å². The summed E-state index contributed by atoms with van der Waals surface area (Å²) in [6.07, 6.45) is 8.15. The van der Waals surface area contributed by atoms with E-state index in [4.69, 9.17) is 13.9 Å². The van der Waals surface area contributed by atoms with Crippen LogP contribution in [0.3, 0.4) is 0 Å². The van der Waals surface area contributed by atoms with Gasteiger partial charge in [0.15, 0.2) is 5.78 Å². The minimum atomic E-state index is -0.107. The number of nitrogens with zero attached hydrogens (tertiary/aromatic N) is 3. The molecule has 1 aliphatic heterocycles. The number of likely N-dealkylation sites (tertiary alicyclic amines) is 1. The second-order valence-electron chi connectivity index (χ2n) is 10.0. The standard InChI is InChI=1S/C31H39N3O5S/c1-37-28-11-8-25(30(18-28)38-2)20-34(31(36)23-40-22-29-7-6-16-39-29)21-27(35)10-9-26-17-24(12-13-32-26)19-33-14-4-3-5-15-33/h6-8,11-13,16-18H,3-5,9-10,14-15,19-23H2,1-2H3. The molecule has 0 spiro atoms. The Kier molecular flexibility index (Phi) is 11.5. The molecule has 0 unspecified atom stereocenters. The zero-order valence-electron chi connectivity index (χ0n) is 23.5. The first-order valence-electron chi connectivity index (χ1n) is 13.8. The average molecular weight is 566 g/mol. The van der Waals surface area contributed by atoms with Crippen LogP contribution in [0.2, 0.25) is 0 Å². The topological polar surface area (TPSA) is 85.1 Å². The van der Waals surface area contributed by atoms with Gasteiger partial charge < -0.3 is 18.8 Å². The summed E-state index contributed by atoms with van der Waals surface area (Å²) in [5.74, 6) is 2.82. The van der Waals surface area contributed by atoms with Crippen LogP contribution < -0.4 is 9.47 Å². The van der Waals surface area contributed by atoms with Crippen LogP contribution in [0.5, 0.6) is 11.5 Å². The lowest BCUT2D eigenvalue weighted by atomic mass is 10.1. The molecule has 0 atom stereocenters. The zero-order valence-corrected chi connectivity index (χ0v) is 24.3. The van der Waals surface area contributed by atoms with Crippen LogP contribution >= 0.6 is 11.8 Å². The second kappa shape index (κ2) is 15.5. The van der Waals surface area contributed by atoms with Crippen LogP contribution in [-0.2, 0) is 34.9 Å².